The van der Waals surface area contributed by atoms with Crippen LogP contribution in [0.3, 0.4) is 0 Å². The first kappa shape index (κ1) is 13.7. The Morgan fingerprint density at radius 2 is 1.88 bits per heavy atom. The van der Waals surface area contributed by atoms with Gasteiger partial charge in [-0.3, -0.25) is 5.43 Å². The summed E-state index contributed by atoms with van der Waals surface area (Å²) in [5.41, 5.74) is 2.65. The van der Waals surface area contributed by atoms with E-state index in [4.69, 9.17) is 5.11 Å². The number of likely N-dealkylation sites (N-methyl/N-ethyl adjacent to an activating group) is 1. The number of carbonyl (C=O) groups is 2. The van der Waals surface area contributed by atoms with E-state index in [0.717, 1.165) is 26.2 Å². The SMILES string of the molecule is CCC(NC(=O)NN1CCN(C)CC1)C(=O)O. The molecule has 0 aromatic heterocycles. The molecule has 0 saturated carbocycles. The Labute approximate surface area is 101 Å². The summed E-state index contributed by atoms with van der Waals surface area (Å²) < 4.78 is 0. The van der Waals surface area contributed by atoms with E-state index >= 15 is 0 Å². The zero-order valence-corrected chi connectivity index (χ0v) is 10.3. The van der Waals surface area contributed by atoms with Crippen LogP contribution in [0.2, 0.25) is 0 Å². The molecule has 0 radical (unpaired) electrons. The van der Waals surface area contributed by atoms with Crippen LogP contribution in [0.4, 0.5) is 4.79 Å². The van der Waals surface area contributed by atoms with Gasteiger partial charge in [0.1, 0.15) is 6.04 Å². The summed E-state index contributed by atoms with van der Waals surface area (Å²) in [5, 5.41) is 13.0. The topological polar surface area (TPSA) is 84.9 Å². The number of rotatable bonds is 4. The summed E-state index contributed by atoms with van der Waals surface area (Å²) in [6, 6.07) is -1.29. The van der Waals surface area contributed by atoms with Gasteiger partial charge in [0.25, 0.3) is 0 Å². The van der Waals surface area contributed by atoms with Gasteiger partial charge in [0.15, 0.2) is 0 Å². The molecule has 0 bridgehead atoms. The highest BCUT2D eigenvalue weighted by Crippen LogP contribution is 1.96. The van der Waals surface area contributed by atoms with E-state index < -0.39 is 18.0 Å². The van der Waals surface area contributed by atoms with Gasteiger partial charge in [-0.15, -0.1) is 0 Å². The number of amides is 2. The van der Waals surface area contributed by atoms with Crippen molar-refractivity contribution in [2.24, 2.45) is 0 Å². The van der Waals surface area contributed by atoms with Crippen molar-refractivity contribution in [2.45, 2.75) is 19.4 Å². The Morgan fingerprint density at radius 3 is 2.35 bits per heavy atom. The molecule has 3 N–H and O–H groups in total. The average molecular weight is 244 g/mol. The highest BCUT2D eigenvalue weighted by atomic mass is 16.4. The second kappa shape index (κ2) is 6.41. The number of urea groups is 1. The molecule has 1 aliphatic heterocycles. The number of piperazine rings is 1. The number of carboxylic acids is 1. The van der Waals surface area contributed by atoms with Crippen molar-refractivity contribution in [3.05, 3.63) is 0 Å². The normalized spacial score (nSPS) is 19.6. The molecule has 1 fully saturated rings. The van der Waals surface area contributed by atoms with Crippen molar-refractivity contribution in [2.75, 3.05) is 33.2 Å². The van der Waals surface area contributed by atoms with Gasteiger partial charge in [-0.2, -0.15) is 0 Å². The number of aliphatic carboxylic acids is 1. The lowest BCUT2D eigenvalue weighted by Gasteiger charge is -2.32. The number of carbonyl (C=O) groups excluding carboxylic acids is 1. The van der Waals surface area contributed by atoms with Crippen LogP contribution in [0.1, 0.15) is 13.3 Å². The van der Waals surface area contributed by atoms with Gasteiger partial charge in [0.05, 0.1) is 0 Å². The Balaban J connectivity index is 2.31. The predicted octanol–water partition coefficient (Wildman–Crippen LogP) is -0.689. The molecule has 1 unspecified atom stereocenters. The van der Waals surface area contributed by atoms with Crippen LogP contribution in [0.25, 0.3) is 0 Å². The van der Waals surface area contributed by atoms with Gasteiger partial charge in [-0.1, -0.05) is 6.92 Å². The second-order valence-corrected chi connectivity index (χ2v) is 4.17. The standard InChI is InChI=1S/C10H20N4O3/c1-3-8(9(15)16)11-10(17)12-14-6-4-13(2)5-7-14/h8H,3-7H2,1-2H3,(H,15,16)(H2,11,12,17). The monoisotopic (exact) mass is 244 g/mol. The lowest BCUT2D eigenvalue weighted by atomic mass is 10.2. The molecule has 7 heteroatoms. The van der Waals surface area contributed by atoms with Gasteiger partial charge < -0.3 is 15.3 Å². The lowest BCUT2D eigenvalue weighted by Crippen LogP contribution is -2.56. The molecule has 2 amide bonds. The molecule has 17 heavy (non-hydrogen) atoms. The molecule has 1 saturated heterocycles. The summed E-state index contributed by atoms with van der Waals surface area (Å²) in [4.78, 5) is 24.4. The maximum absolute atomic E-state index is 11.5. The fourth-order valence-corrected chi connectivity index (χ4v) is 1.59. The maximum atomic E-state index is 11.5. The highest BCUT2D eigenvalue weighted by molar-refractivity contribution is 5.82. The van der Waals surface area contributed by atoms with Crippen LogP contribution >= 0.6 is 0 Å². The molecular formula is C10H20N4O3. The first-order valence-electron chi connectivity index (χ1n) is 5.76. The summed E-state index contributed by atoms with van der Waals surface area (Å²) in [7, 11) is 2.02. The van der Waals surface area contributed by atoms with Crippen LogP contribution in [0.5, 0.6) is 0 Å². The van der Waals surface area contributed by atoms with E-state index in [-0.39, 0.29) is 0 Å². The number of hydrazine groups is 1. The maximum Gasteiger partial charge on any atom is 0.330 e. The van der Waals surface area contributed by atoms with Crippen molar-refractivity contribution in [3.63, 3.8) is 0 Å². The predicted molar refractivity (Wildman–Crippen MR) is 62.5 cm³/mol. The molecule has 0 aromatic rings. The Hall–Kier alpha value is -1.34. The van der Waals surface area contributed by atoms with Crippen molar-refractivity contribution in [1.82, 2.24) is 20.7 Å². The van der Waals surface area contributed by atoms with E-state index in [0.29, 0.717) is 6.42 Å². The minimum absolute atomic E-state index is 0.367. The van der Waals surface area contributed by atoms with Crippen LogP contribution < -0.4 is 10.7 Å². The third-order valence-corrected chi connectivity index (χ3v) is 2.77. The third kappa shape index (κ3) is 4.58. The zero-order chi connectivity index (χ0) is 12.8. The molecule has 0 aliphatic carbocycles. The molecular weight excluding hydrogens is 224 g/mol. The number of nitrogens with one attached hydrogen (secondary N) is 2. The smallest absolute Gasteiger partial charge is 0.330 e. The fraction of sp³-hybridized carbons (Fsp3) is 0.800. The average Bonchev–Trinajstić information content (AvgIpc) is 2.28. The lowest BCUT2D eigenvalue weighted by molar-refractivity contribution is -0.139. The van der Waals surface area contributed by atoms with E-state index in [1.54, 1.807) is 11.9 Å². The summed E-state index contributed by atoms with van der Waals surface area (Å²) in [5.74, 6) is -1.01. The van der Waals surface area contributed by atoms with E-state index in [9.17, 15) is 9.59 Å². The van der Waals surface area contributed by atoms with Crippen molar-refractivity contribution in [1.29, 1.82) is 0 Å². The molecule has 1 heterocycles. The summed E-state index contributed by atoms with van der Waals surface area (Å²) >= 11 is 0. The Kier molecular flexibility index (Phi) is 5.17. The molecule has 0 spiro atoms. The minimum atomic E-state index is -1.01. The zero-order valence-electron chi connectivity index (χ0n) is 10.3. The molecule has 98 valence electrons. The highest BCUT2D eigenvalue weighted by Gasteiger charge is 2.20. The molecule has 7 nitrogen and oxygen atoms in total. The van der Waals surface area contributed by atoms with Crippen LogP contribution in [-0.4, -0.2) is 66.3 Å². The van der Waals surface area contributed by atoms with Crippen molar-refractivity contribution in [3.8, 4) is 0 Å². The van der Waals surface area contributed by atoms with Crippen LogP contribution in [0.15, 0.2) is 0 Å². The van der Waals surface area contributed by atoms with Gasteiger partial charge in [0, 0.05) is 26.2 Å². The minimum Gasteiger partial charge on any atom is -0.480 e. The first-order valence-corrected chi connectivity index (χ1v) is 5.76. The summed E-state index contributed by atoms with van der Waals surface area (Å²) in [6.07, 6.45) is 0.367. The van der Waals surface area contributed by atoms with Gasteiger partial charge >= 0.3 is 12.0 Å². The fourth-order valence-electron chi connectivity index (χ4n) is 1.59. The Morgan fingerprint density at radius 1 is 1.29 bits per heavy atom. The quantitative estimate of drug-likeness (QED) is 0.609. The van der Waals surface area contributed by atoms with Gasteiger partial charge in [-0.25, -0.2) is 14.6 Å². The number of nitrogens with zero attached hydrogens (tertiary/aromatic N) is 2. The number of hydrogen-bond acceptors (Lipinski definition) is 4. The van der Waals surface area contributed by atoms with Crippen LogP contribution in [0, 0.1) is 0 Å². The number of carboxylic acid groups (broad SMARTS) is 1. The van der Waals surface area contributed by atoms with E-state index in [1.807, 2.05) is 7.05 Å². The molecule has 1 aliphatic rings. The largest absolute Gasteiger partial charge is 0.480 e. The number of hydrogen-bond donors (Lipinski definition) is 3. The van der Waals surface area contributed by atoms with Gasteiger partial charge in [-0.05, 0) is 13.5 Å². The van der Waals surface area contributed by atoms with Crippen molar-refractivity contribution >= 4 is 12.0 Å². The second-order valence-electron chi connectivity index (χ2n) is 4.17. The molecule has 0 aromatic carbocycles. The Bertz CT molecular complexity index is 277. The van der Waals surface area contributed by atoms with E-state index in [2.05, 4.69) is 15.6 Å². The molecule has 1 atom stereocenters. The van der Waals surface area contributed by atoms with Crippen LogP contribution in [-0.2, 0) is 4.79 Å². The van der Waals surface area contributed by atoms with Gasteiger partial charge in [0.2, 0.25) is 0 Å². The first-order chi connectivity index (χ1) is 8.02. The molecule has 1 rings (SSSR count). The third-order valence-electron chi connectivity index (χ3n) is 2.77. The van der Waals surface area contributed by atoms with E-state index in [1.165, 1.54) is 0 Å². The van der Waals surface area contributed by atoms with Crippen molar-refractivity contribution < 1.29 is 14.7 Å². The summed E-state index contributed by atoms with van der Waals surface area (Å²) in [6.45, 7) is 4.98.